The molecule has 2 aliphatic heterocycles. The lowest BCUT2D eigenvalue weighted by Crippen LogP contribution is -2.53. The maximum atomic E-state index is 13.5. The molecule has 0 bridgehead atoms. The van der Waals surface area contributed by atoms with Crippen molar-refractivity contribution >= 4 is 47.2 Å². The fraction of sp³-hybridized carbons (Fsp3) is 0.500. The molecule has 6 amide bonds. The summed E-state index contributed by atoms with van der Waals surface area (Å²) in [6.07, 6.45) is 1.73. The fourth-order valence-electron chi connectivity index (χ4n) is 6.74. The molecule has 2 fully saturated rings. The van der Waals surface area contributed by atoms with Crippen LogP contribution in [0.2, 0.25) is 0 Å². The SMILES string of the molecule is COC(=O)N[C@H](CC(C)C)C(=O)N1CCC[C@H]1C(=O)Nc1cccc(C#Cc2cccc(NC(=O)[C@@H]3CCCN3C(=O)[C@@H](CC(C)C)NC(=O)OC)c2)c1. The molecule has 0 aromatic heterocycles. The average molecular weight is 745 g/mol. The normalized spacial score (nSPS) is 17.6. The highest BCUT2D eigenvalue weighted by Gasteiger charge is 2.39. The van der Waals surface area contributed by atoms with Crippen LogP contribution in [0.25, 0.3) is 0 Å². The van der Waals surface area contributed by atoms with E-state index < -0.39 is 36.4 Å². The maximum absolute atomic E-state index is 13.5. The highest BCUT2D eigenvalue weighted by molar-refractivity contribution is 5.99. The third kappa shape index (κ3) is 11.5. The Balaban J connectivity index is 1.40. The predicted molar refractivity (Wildman–Crippen MR) is 203 cm³/mol. The Labute approximate surface area is 317 Å². The molecule has 54 heavy (non-hydrogen) atoms. The molecule has 2 aliphatic rings. The second-order valence-corrected chi connectivity index (χ2v) is 14.4. The third-order valence-electron chi connectivity index (χ3n) is 9.25. The van der Waals surface area contributed by atoms with Gasteiger partial charge in [0, 0.05) is 35.6 Å². The van der Waals surface area contributed by atoms with E-state index in [0.717, 1.165) is 0 Å². The van der Waals surface area contributed by atoms with Gasteiger partial charge in [0.15, 0.2) is 0 Å². The Morgan fingerprint density at radius 1 is 0.667 bits per heavy atom. The number of hydrogen-bond donors (Lipinski definition) is 4. The van der Waals surface area contributed by atoms with E-state index in [2.05, 4.69) is 33.1 Å². The molecule has 4 rings (SSSR count). The van der Waals surface area contributed by atoms with Crippen LogP contribution in [0.1, 0.15) is 77.3 Å². The number of nitrogens with zero attached hydrogens (tertiary/aromatic N) is 2. The van der Waals surface area contributed by atoms with Gasteiger partial charge in [0.05, 0.1) is 14.2 Å². The molecular weight excluding hydrogens is 692 g/mol. The first-order valence-corrected chi connectivity index (χ1v) is 18.4. The van der Waals surface area contributed by atoms with Crippen LogP contribution in [0.4, 0.5) is 21.0 Å². The number of rotatable bonds is 12. The summed E-state index contributed by atoms with van der Waals surface area (Å²) in [4.78, 5) is 80.7. The molecule has 0 unspecified atom stereocenters. The van der Waals surface area contributed by atoms with Gasteiger partial charge in [-0.1, -0.05) is 51.7 Å². The van der Waals surface area contributed by atoms with Crippen LogP contribution in [0.15, 0.2) is 48.5 Å². The minimum atomic E-state index is -0.804. The Bertz CT molecular complexity index is 1630. The van der Waals surface area contributed by atoms with E-state index in [-0.39, 0.29) is 35.5 Å². The van der Waals surface area contributed by atoms with Gasteiger partial charge in [-0.3, -0.25) is 19.2 Å². The number of amides is 6. The van der Waals surface area contributed by atoms with Crippen LogP contribution < -0.4 is 21.3 Å². The first kappa shape index (κ1) is 41.2. The molecule has 0 spiro atoms. The van der Waals surface area contributed by atoms with Crippen molar-refractivity contribution in [1.82, 2.24) is 20.4 Å². The summed E-state index contributed by atoms with van der Waals surface area (Å²) in [6.45, 7) is 8.62. The summed E-state index contributed by atoms with van der Waals surface area (Å²) in [5.74, 6) is 5.18. The van der Waals surface area contributed by atoms with E-state index in [4.69, 9.17) is 9.47 Å². The van der Waals surface area contributed by atoms with Crippen LogP contribution in [0, 0.1) is 23.7 Å². The molecule has 4 atom stereocenters. The van der Waals surface area contributed by atoms with E-state index in [1.807, 2.05) is 39.8 Å². The number of benzene rings is 2. The number of ether oxygens (including phenoxy) is 2. The monoisotopic (exact) mass is 744 g/mol. The molecule has 2 saturated heterocycles. The first-order valence-electron chi connectivity index (χ1n) is 18.4. The molecule has 2 heterocycles. The second-order valence-electron chi connectivity index (χ2n) is 14.4. The van der Waals surface area contributed by atoms with Gasteiger partial charge in [-0.15, -0.1) is 0 Å². The van der Waals surface area contributed by atoms with Crippen LogP contribution >= 0.6 is 0 Å². The highest BCUT2D eigenvalue weighted by atomic mass is 16.5. The van der Waals surface area contributed by atoms with Gasteiger partial charge in [-0.2, -0.15) is 0 Å². The number of likely N-dealkylation sites (tertiary alicyclic amines) is 2. The third-order valence-corrected chi connectivity index (χ3v) is 9.25. The van der Waals surface area contributed by atoms with Crippen molar-refractivity contribution in [1.29, 1.82) is 0 Å². The van der Waals surface area contributed by atoms with E-state index in [1.165, 1.54) is 24.0 Å². The topological polar surface area (TPSA) is 175 Å². The van der Waals surface area contributed by atoms with Gasteiger partial charge in [-0.05, 0) is 86.8 Å². The fourth-order valence-corrected chi connectivity index (χ4v) is 6.74. The van der Waals surface area contributed by atoms with Crippen LogP contribution in [-0.2, 0) is 28.7 Å². The van der Waals surface area contributed by atoms with Crippen molar-refractivity contribution in [3.05, 3.63) is 59.7 Å². The second kappa shape index (κ2) is 19.5. The standard InChI is InChI=1S/C40H52N6O8/c1-25(2)21-31(43-39(51)53-5)37(49)45-19-9-15-33(45)35(47)41-29-13-7-11-27(23-29)17-18-28-12-8-14-30(24-28)42-36(48)34-16-10-20-46(34)38(50)32(22-26(3)4)44-40(52)54-6/h7-8,11-14,23-26,31-34H,9-10,15-16,19-22H2,1-6H3,(H,41,47)(H,42,48)(H,43,51)(H,44,52)/t31-,32-,33+,34+/m1/s1. The summed E-state index contributed by atoms with van der Waals surface area (Å²) < 4.78 is 9.43. The van der Waals surface area contributed by atoms with Crippen molar-refractivity contribution in [3.63, 3.8) is 0 Å². The molecule has 14 nitrogen and oxygen atoms in total. The van der Waals surface area contributed by atoms with Crippen LogP contribution in [0.5, 0.6) is 0 Å². The zero-order valence-corrected chi connectivity index (χ0v) is 31.9. The lowest BCUT2D eigenvalue weighted by atomic mass is 10.0. The minimum absolute atomic E-state index is 0.128. The predicted octanol–water partition coefficient (Wildman–Crippen LogP) is 4.49. The lowest BCUT2D eigenvalue weighted by molar-refractivity contribution is -0.138. The smallest absolute Gasteiger partial charge is 0.407 e. The molecule has 0 aliphatic carbocycles. The van der Waals surface area contributed by atoms with Crippen molar-refractivity contribution in [2.45, 2.75) is 90.4 Å². The van der Waals surface area contributed by atoms with Crippen molar-refractivity contribution in [2.75, 3.05) is 37.9 Å². The minimum Gasteiger partial charge on any atom is -0.453 e. The lowest BCUT2D eigenvalue weighted by Gasteiger charge is -2.29. The summed E-state index contributed by atoms with van der Waals surface area (Å²) in [5, 5.41) is 11.1. The van der Waals surface area contributed by atoms with Crippen LogP contribution in [-0.4, -0.2) is 97.1 Å². The zero-order chi connectivity index (χ0) is 39.4. The van der Waals surface area contributed by atoms with Crippen molar-refractivity contribution < 1.29 is 38.2 Å². The van der Waals surface area contributed by atoms with Gasteiger partial charge < -0.3 is 40.5 Å². The highest BCUT2D eigenvalue weighted by Crippen LogP contribution is 2.24. The Hall–Kier alpha value is -5.58. The van der Waals surface area contributed by atoms with E-state index in [1.54, 1.807) is 36.4 Å². The Kier molecular flexibility index (Phi) is 14.9. The van der Waals surface area contributed by atoms with Crippen LogP contribution in [0.3, 0.4) is 0 Å². The summed E-state index contributed by atoms with van der Waals surface area (Å²) >= 11 is 0. The molecule has 14 heteroatoms. The number of carbonyl (C=O) groups is 6. The van der Waals surface area contributed by atoms with Gasteiger partial charge in [0.1, 0.15) is 24.2 Å². The largest absolute Gasteiger partial charge is 0.453 e. The molecule has 2 aromatic rings. The zero-order valence-electron chi connectivity index (χ0n) is 31.9. The van der Waals surface area contributed by atoms with Gasteiger partial charge >= 0.3 is 12.2 Å². The Morgan fingerprint density at radius 3 is 1.41 bits per heavy atom. The molecule has 0 radical (unpaired) electrons. The number of alkyl carbamates (subject to hydrolysis) is 2. The summed E-state index contributed by atoms with van der Waals surface area (Å²) in [7, 11) is 2.48. The molecule has 2 aromatic carbocycles. The van der Waals surface area contributed by atoms with E-state index in [0.29, 0.717) is 74.1 Å². The number of carbonyl (C=O) groups excluding carboxylic acids is 6. The van der Waals surface area contributed by atoms with Gasteiger partial charge in [0.2, 0.25) is 23.6 Å². The summed E-state index contributed by atoms with van der Waals surface area (Å²) in [5.41, 5.74) is 2.31. The van der Waals surface area contributed by atoms with Gasteiger partial charge in [-0.25, -0.2) is 9.59 Å². The van der Waals surface area contributed by atoms with Crippen molar-refractivity contribution in [3.8, 4) is 11.8 Å². The number of nitrogens with one attached hydrogen (secondary N) is 4. The van der Waals surface area contributed by atoms with E-state index >= 15 is 0 Å². The molecular formula is C40H52N6O8. The first-order chi connectivity index (χ1) is 25.8. The number of hydrogen-bond acceptors (Lipinski definition) is 8. The maximum Gasteiger partial charge on any atom is 0.407 e. The molecule has 290 valence electrons. The number of methoxy groups -OCH3 is 2. The molecule has 0 saturated carbocycles. The van der Waals surface area contributed by atoms with Gasteiger partial charge in [0.25, 0.3) is 0 Å². The van der Waals surface area contributed by atoms with E-state index in [9.17, 15) is 28.8 Å². The number of anilines is 2. The molecule has 4 N–H and O–H groups in total. The van der Waals surface area contributed by atoms with Crippen molar-refractivity contribution in [2.24, 2.45) is 11.8 Å². The quantitative estimate of drug-likeness (QED) is 0.230. The average Bonchev–Trinajstić information content (AvgIpc) is 3.84. The summed E-state index contributed by atoms with van der Waals surface area (Å²) in [6, 6.07) is 11.1. The Morgan fingerprint density at radius 2 is 1.06 bits per heavy atom.